The summed E-state index contributed by atoms with van der Waals surface area (Å²) in [6.07, 6.45) is 4.70. The number of carbonyl (C=O) groups excluding carboxylic acids is 2. The summed E-state index contributed by atoms with van der Waals surface area (Å²) in [7, 11) is 0. The van der Waals surface area contributed by atoms with Crippen molar-refractivity contribution < 1.29 is 14.3 Å². The number of aryl methyl sites for hydroxylation is 3. The Kier molecular flexibility index (Phi) is 4.00. The molecule has 0 amide bonds. The van der Waals surface area contributed by atoms with Crippen LogP contribution in [0.3, 0.4) is 0 Å². The van der Waals surface area contributed by atoms with Crippen molar-refractivity contribution in [2.24, 2.45) is 0 Å². The van der Waals surface area contributed by atoms with E-state index < -0.39 is 5.97 Å². The Morgan fingerprint density at radius 3 is 2.64 bits per heavy atom. The fourth-order valence-corrected chi connectivity index (χ4v) is 2.63. The monoisotopic (exact) mass is 295 g/mol. The van der Waals surface area contributed by atoms with E-state index in [0.29, 0.717) is 11.1 Å². The maximum atomic E-state index is 12.1. The van der Waals surface area contributed by atoms with Crippen LogP contribution in [0.2, 0.25) is 0 Å². The number of carbonyl (C=O) groups is 2. The SMILES string of the molecule is Cc1ccc(C(=O)OCC(=O)c2ccc3c(c2)CCC3)cn1. The van der Waals surface area contributed by atoms with Gasteiger partial charge in [-0.25, -0.2) is 4.79 Å². The fourth-order valence-electron chi connectivity index (χ4n) is 2.63. The van der Waals surface area contributed by atoms with Gasteiger partial charge in [-0.05, 0) is 55.5 Å². The highest BCUT2D eigenvalue weighted by Gasteiger charge is 2.16. The van der Waals surface area contributed by atoms with E-state index >= 15 is 0 Å². The second-order valence-electron chi connectivity index (χ2n) is 5.52. The molecular weight excluding hydrogens is 278 g/mol. The lowest BCUT2D eigenvalue weighted by Crippen LogP contribution is -2.14. The fraction of sp³-hybridized carbons (Fsp3) is 0.278. The number of esters is 1. The lowest BCUT2D eigenvalue weighted by molar-refractivity contribution is 0.0474. The van der Waals surface area contributed by atoms with Gasteiger partial charge in [-0.2, -0.15) is 0 Å². The first-order valence-corrected chi connectivity index (χ1v) is 7.38. The van der Waals surface area contributed by atoms with Gasteiger partial charge < -0.3 is 4.74 Å². The zero-order valence-electron chi connectivity index (χ0n) is 12.5. The molecule has 0 N–H and O–H groups in total. The number of aromatic nitrogens is 1. The number of nitrogens with zero attached hydrogens (tertiary/aromatic N) is 1. The standard InChI is InChI=1S/C18H17NO3/c1-12-5-6-16(10-19-12)18(21)22-11-17(20)15-8-7-13-3-2-4-14(13)9-15/h5-10H,2-4,11H2,1H3. The van der Waals surface area contributed by atoms with Crippen LogP contribution in [0.4, 0.5) is 0 Å². The van der Waals surface area contributed by atoms with Crippen molar-refractivity contribution in [2.75, 3.05) is 6.61 Å². The minimum Gasteiger partial charge on any atom is -0.454 e. The number of hydrogen-bond acceptors (Lipinski definition) is 4. The molecule has 1 aromatic carbocycles. The predicted molar refractivity (Wildman–Crippen MR) is 82.1 cm³/mol. The minimum atomic E-state index is -0.526. The highest BCUT2D eigenvalue weighted by atomic mass is 16.5. The van der Waals surface area contributed by atoms with Crippen molar-refractivity contribution in [3.8, 4) is 0 Å². The zero-order valence-corrected chi connectivity index (χ0v) is 12.5. The third kappa shape index (κ3) is 3.06. The Balaban J connectivity index is 1.62. The molecule has 0 bridgehead atoms. The number of benzene rings is 1. The summed E-state index contributed by atoms with van der Waals surface area (Å²) in [6.45, 7) is 1.60. The van der Waals surface area contributed by atoms with Crippen LogP contribution in [0.5, 0.6) is 0 Å². The molecule has 4 heteroatoms. The molecule has 1 aromatic heterocycles. The molecule has 0 radical (unpaired) electrons. The molecule has 1 heterocycles. The number of ether oxygens (including phenoxy) is 1. The van der Waals surface area contributed by atoms with E-state index in [9.17, 15) is 9.59 Å². The molecule has 0 fully saturated rings. The highest BCUT2D eigenvalue weighted by molar-refractivity contribution is 5.99. The second-order valence-corrected chi connectivity index (χ2v) is 5.52. The quantitative estimate of drug-likeness (QED) is 0.643. The van der Waals surface area contributed by atoms with Crippen LogP contribution in [0.25, 0.3) is 0 Å². The van der Waals surface area contributed by atoms with Gasteiger partial charge in [0.1, 0.15) is 0 Å². The van der Waals surface area contributed by atoms with Gasteiger partial charge in [-0.15, -0.1) is 0 Å². The summed E-state index contributed by atoms with van der Waals surface area (Å²) in [4.78, 5) is 28.0. The molecule has 112 valence electrons. The van der Waals surface area contributed by atoms with Gasteiger partial charge >= 0.3 is 5.97 Å². The molecule has 0 atom stereocenters. The molecule has 3 rings (SSSR count). The molecule has 0 aliphatic heterocycles. The molecule has 0 saturated heterocycles. The first-order chi connectivity index (χ1) is 10.6. The van der Waals surface area contributed by atoms with Crippen LogP contribution in [0.1, 0.15) is 44.0 Å². The van der Waals surface area contributed by atoms with Crippen molar-refractivity contribution in [3.63, 3.8) is 0 Å². The van der Waals surface area contributed by atoms with E-state index in [0.717, 1.165) is 25.0 Å². The minimum absolute atomic E-state index is 0.178. The molecule has 1 aliphatic carbocycles. The Bertz CT molecular complexity index is 720. The smallest absolute Gasteiger partial charge is 0.340 e. The Morgan fingerprint density at radius 1 is 1.09 bits per heavy atom. The van der Waals surface area contributed by atoms with Crippen LogP contribution < -0.4 is 0 Å². The molecule has 2 aromatic rings. The van der Waals surface area contributed by atoms with E-state index in [-0.39, 0.29) is 12.4 Å². The average molecular weight is 295 g/mol. The van der Waals surface area contributed by atoms with Gasteiger partial charge in [0.15, 0.2) is 12.4 Å². The summed E-state index contributed by atoms with van der Waals surface area (Å²) in [5.74, 6) is -0.704. The summed E-state index contributed by atoms with van der Waals surface area (Å²) >= 11 is 0. The lowest BCUT2D eigenvalue weighted by Gasteiger charge is -2.06. The van der Waals surface area contributed by atoms with Gasteiger partial charge in [-0.1, -0.05) is 12.1 Å². The van der Waals surface area contributed by atoms with Crippen LogP contribution in [-0.2, 0) is 17.6 Å². The molecule has 0 saturated carbocycles. The van der Waals surface area contributed by atoms with Crippen LogP contribution in [-0.4, -0.2) is 23.3 Å². The van der Waals surface area contributed by atoms with Gasteiger partial charge in [0.05, 0.1) is 5.56 Å². The summed E-state index contributed by atoms with van der Waals surface area (Å²) < 4.78 is 5.08. The number of ketones is 1. The van der Waals surface area contributed by atoms with Gasteiger partial charge in [-0.3, -0.25) is 9.78 Å². The Labute approximate surface area is 129 Å². The number of rotatable bonds is 4. The van der Waals surface area contributed by atoms with Crippen LogP contribution >= 0.6 is 0 Å². The van der Waals surface area contributed by atoms with E-state index in [1.54, 1.807) is 12.1 Å². The number of pyridine rings is 1. The third-order valence-electron chi connectivity index (χ3n) is 3.90. The molecular formula is C18H17NO3. The van der Waals surface area contributed by atoms with Crippen LogP contribution in [0, 0.1) is 6.92 Å². The molecule has 0 unspecified atom stereocenters. The number of hydrogen-bond donors (Lipinski definition) is 0. The summed E-state index contributed by atoms with van der Waals surface area (Å²) in [5.41, 5.74) is 4.34. The van der Waals surface area contributed by atoms with Crippen molar-refractivity contribution in [1.82, 2.24) is 4.98 Å². The van der Waals surface area contributed by atoms with E-state index in [1.807, 2.05) is 25.1 Å². The van der Waals surface area contributed by atoms with Crippen molar-refractivity contribution in [3.05, 3.63) is 64.5 Å². The van der Waals surface area contributed by atoms with Gasteiger partial charge in [0.2, 0.25) is 0 Å². The van der Waals surface area contributed by atoms with Crippen molar-refractivity contribution >= 4 is 11.8 Å². The third-order valence-corrected chi connectivity index (χ3v) is 3.90. The van der Waals surface area contributed by atoms with Crippen LogP contribution in [0.15, 0.2) is 36.5 Å². The summed E-state index contributed by atoms with van der Waals surface area (Å²) in [6, 6.07) is 9.12. The Hall–Kier alpha value is -2.49. The molecule has 0 spiro atoms. The molecule has 4 nitrogen and oxygen atoms in total. The van der Waals surface area contributed by atoms with E-state index in [1.165, 1.54) is 17.3 Å². The number of Topliss-reactive ketones (excluding diaryl/α,β-unsaturated/α-hetero) is 1. The predicted octanol–water partition coefficient (Wildman–Crippen LogP) is 2.92. The highest BCUT2D eigenvalue weighted by Crippen LogP contribution is 2.23. The summed E-state index contributed by atoms with van der Waals surface area (Å²) in [5, 5.41) is 0. The largest absolute Gasteiger partial charge is 0.454 e. The molecule has 1 aliphatic rings. The van der Waals surface area contributed by atoms with Gasteiger partial charge in [0, 0.05) is 17.5 Å². The van der Waals surface area contributed by atoms with E-state index in [4.69, 9.17) is 4.74 Å². The average Bonchev–Trinajstić information content (AvgIpc) is 3.00. The topological polar surface area (TPSA) is 56.3 Å². The van der Waals surface area contributed by atoms with Crippen molar-refractivity contribution in [1.29, 1.82) is 0 Å². The maximum absolute atomic E-state index is 12.1. The molecule has 22 heavy (non-hydrogen) atoms. The Morgan fingerprint density at radius 2 is 1.86 bits per heavy atom. The maximum Gasteiger partial charge on any atom is 0.340 e. The van der Waals surface area contributed by atoms with Crippen molar-refractivity contribution in [2.45, 2.75) is 26.2 Å². The normalized spacial score (nSPS) is 12.8. The first-order valence-electron chi connectivity index (χ1n) is 7.38. The van der Waals surface area contributed by atoms with E-state index in [2.05, 4.69) is 4.98 Å². The van der Waals surface area contributed by atoms with Gasteiger partial charge in [0.25, 0.3) is 0 Å². The first kappa shape index (κ1) is 14.4. The second kappa shape index (κ2) is 6.10. The lowest BCUT2D eigenvalue weighted by atomic mass is 10.0. The zero-order chi connectivity index (χ0) is 15.5. The number of fused-ring (bicyclic) bond motifs is 1.